The molecule has 4 rings (SSSR count). The van der Waals surface area contributed by atoms with Gasteiger partial charge < -0.3 is 9.80 Å². The molecule has 0 saturated carbocycles. The maximum Gasteiger partial charge on any atom is 0.222 e. The molecule has 0 N–H and O–H groups in total. The zero-order valence-electron chi connectivity index (χ0n) is 15.0. The molecule has 140 valence electrons. The van der Waals surface area contributed by atoms with Crippen LogP contribution in [0.3, 0.4) is 0 Å². The largest absolute Gasteiger partial charge is 0.342 e. The number of carbonyl (C=O) groups excluding carboxylic acids is 2. The van der Waals surface area contributed by atoms with Crippen molar-refractivity contribution in [2.75, 3.05) is 25.4 Å². The fourth-order valence-electron chi connectivity index (χ4n) is 5.18. The van der Waals surface area contributed by atoms with E-state index in [1.807, 2.05) is 21.6 Å². The van der Waals surface area contributed by atoms with Gasteiger partial charge in [-0.3, -0.25) is 9.59 Å². The Morgan fingerprint density at radius 3 is 2.92 bits per heavy atom. The van der Waals surface area contributed by atoms with Crippen LogP contribution in [-0.4, -0.2) is 58.3 Å². The summed E-state index contributed by atoms with van der Waals surface area (Å²) in [5.41, 5.74) is 0. The van der Waals surface area contributed by atoms with Crippen LogP contribution in [0.1, 0.15) is 57.8 Å². The van der Waals surface area contributed by atoms with Gasteiger partial charge in [-0.25, -0.2) is 0 Å². The molecule has 4 heterocycles. The van der Waals surface area contributed by atoms with E-state index < -0.39 is 0 Å². The van der Waals surface area contributed by atoms with Crippen LogP contribution in [0.4, 0.5) is 0 Å². The summed E-state index contributed by atoms with van der Waals surface area (Å²) in [4.78, 5) is 29.2. The van der Waals surface area contributed by atoms with Crippen molar-refractivity contribution in [3.8, 4) is 0 Å². The molecule has 25 heavy (non-hydrogen) atoms. The minimum atomic E-state index is 0.355. The lowest BCUT2D eigenvalue weighted by Gasteiger charge is -2.52. The highest BCUT2D eigenvalue weighted by atomic mass is 33.1. The summed E-state index contributed by atoms with van der Waals surface area (Å²) in [7, 11) is 4.04. The molecule has 0 aromatic carbocycles. The van der Waals surface area contributed by atoms with E-state index in [-0.39, 0.29) is 0 Å². The normalized spacial score (nSPS) is 35.0. The Morgan fingerprint density at radius 1 is 1.16 bits per heavy atom. The van der Waals surface area contributed by atoms with Crippen LogP contribution in [0, 0.1) is 11.8 Å². The van der Waals surface area contributed by atoms with Gasteiger partial charge in [-0.1, -0.05) is 28.0 Å². The number of likely N-dealkylation sites (tertiary alicyclic amines) is 1. The average Bonchev–Trinajstić information content (AvgIpc) is 3.13. The maximum absolute atomic E-state index is 12.7. The zero-order chi connectivity index (χ0) is 17.2. The second-order valence-corrected chi connectivity index (χ2v) is 11.0. The van der Waals surface area contributed by atoms with Crippen molar-refractivity contribution >= 4 is 33.4 Å². The second kappa shape index (κ2) is 8.12. The highest BCUT2D eigenvalue weighted by Crippen LogP contribution is 2.40. The third-order valence-electron chi connectivity index (χ3n) is 6.43. The molecule has 4 aliphatic heterocycles. The Morgan fingerprint density at radius 2 is 2.08 bits per heavy atom. The summed E-state index contributed by atoms with van der Waals surface area (Å²) in [6, 6.07) is 0.407. The first kappa shape index (κ1) is 18.0. The smallest absolute Gasteiger partial charge is 0.222 e. The Hall–Kier alpha value is -0.360. The maximum atomic E-state index is 12.7. The third kappa shape index (κ3) is 4.15. The number of hydrogen-bond donors (Lipinski definition) is 0. The van der Waals surface area contributed by atoms with Crippen molar-refractivity contribution in [3.05, 3.63) is 0 Å². The van der Waals surface area contributed by atoms with Crippen LogP contribution in [0.2, 0.25) is 0 Å². The van der Waals surface area contributed by atoms with Crippen LogP contribution in [0.15, 0.2) is 0 Å². The van der Waals surface area contributed by atoms with E-state index in [1.54, 1.807) is 0 Å². The van der Waals surface area contributed by atoms with Gasteiger partial charge in [-0.05, 0) is 50.4 Å². The Bertz CT molecular complexity index is 510. The van der Waals surface area contributed by atoms with Crippen LogP contribution in [0.5, 0.6) is 0 Å². The van der Waals surface area contributed by atoms with Gasteiger partial charge in [-0.2, -0.15) is 0 Å². The molecule has 0 unspecified atom stereocenters. The van der Waals surface area contributed by atoms with Crippen molar-refractivity contribution in [3.63, 3.8) is 0 Å². The fraction of sp³-hybridized carbons (Fsp3) is 0.895. The molecule has 0 aliphatic carbocycles. The molecule has 4 fully saturated rings. The van der Waals surface area contributed by atoms with E-state index in [4.69, 9.17) is 0 Å². The first-order chi connectivity index (χ1) is 12.2. The molecule has 4 atom stereocenters. The molecule has 4 nitrogen and oxygen atoms in total. The summed E-state index contributed by atoms with van der Waals surface area (Å²) in [6.07, 6.45) is 9.69. The van der Waals surface area contributed by atoms with E-state index in [0.717, 1.165) is 57.0 Å². The second-order valence-electron chi connectivity index (χ2n) is 8.24. The number of rotatable bonds is 5. The van der Waals surface area contributed by atoms with Crippen LogP contribution in [0.25, 0.3) is 0 Å². The number of nitrogens with zero attached hydrogens (tertiary/aromatic N) is 2. The van der Waals surface area contributed by atoms with E-state index in [1.165, 1.54) is 31.4 Å². The molecule has 0 aromatic heterocycles. The molecule has 6 heteroatoms. The minimum absolute atomic E-state index is 0.355. The van der Waals surface area contributed by atoms with E-state index in [2.05, 4.69) is 9.80 Å². The number of fused-ring (bicyclic) bond motifs is 4. The van der Waals surface area contributed by atoms with Crippen molar-refractivity contribution in [1.29, 1.82) is 0 Å². The van der Waals surface area contributed by atoms with E-state index in [0.29, 0.717) is 29.7 Å². The van der Waals surface area contributed by atoms with Crippen molar-refractivity contribution in [1.82, 2.24) is 9.80 Å². The van der Waals surface area contributed by atoms with Crippen LogP contribution < -0.4 is 0 Å². The summed E-state index contributed by atoms with van der Waals surface area (Å²) < 4.78 is 0. The lowest BCUT2D eigenvalue weighted by atomic mass is 9.76. The van der Waals surface area contributed by atoms with Gasteiger partial charge in [0.2, 0.25) is 11.8 Å². The number of amides is 2. The van der Waals surface area contributed by atoms with Crippen molar-refractivity contribution < 1.29 is 9.59 Å². The lowest BCUT2D eigenvalue weighted by molar-refractivity contribution is -0.148. The molecule has 4 saturated heterocycles. The fourth-order valence-corrected chi connectivity index (χ4v) is 8.21. The van der Waals surface area contributed by atoms with Gasteiger partial charge in [0, 0.05) is 49.5 Å². The van der Waals surface area contributed by atoms with Crippen LogP contribution in [-0.2, 0) is 9.59 Å². The van der Waals surface area contributed by atoms with Crippen molar-refractivity contribution in [2.24, 2.45) is 11.8 Å². The van der Waals surface area contributed by atoms with E-state index in [9.17, 15) is 9.59 Å². The third-order valence-corrected chi connectivity index (χ3v) is 9.43. The predicted octanol–water partition coefficient (Wildman–Crippen LogP) is 3.56. The summed E-state index contributed by atoms with van der Waals surface area (Å²) in [5, 5.41) is 0.823. The minimum Gasteiger partial charge on any atom is -0.342 e. The molecule has 4 aliphatic rings. The van der Waals surface area contributed by atoms with Gasteiger partial charge in [0.1, 0.15) is 0 Å². The molecule has 0 aromatic rings. The standard InChI is InChI=1S/C19H30N2O2S2/c22-18(6-2-1-4-16-8-9-24-25-16)20-11-14-10-15(13-20)17-5-3-7-19(23)21(17)12-14/h14-17H,1-13H2/t14-,15+,16+,17-/m1/s1. The highest BCUT2D eigenvalue weighted by Gasteiger charge is 2.44. The lowest BCUT2D eigenvalue weighted by Crippen LogP contribution is -2.61. The van der Waals surface area contributed by atoms with Gasteiger partial charge >= 0.3 is 0 Å². The Labute approximate surface area is 159 Å². The average molecular weight is 383 g/mol. The zero-order valence-corrected chi connectivity index (χ0v) is 16.7. The topological polar surface area (TPSA) is 40.6 Å². The summed E-state index contributed by atoms with van der Waals surface area (Å²) in [5.74, 6) is 3.04. The molecular weight excluding hydrogens is 352 g/mol. The van der Waals surface area contributed by atoms with Gasteiger partial charge in [0.15, 0.2) is 0 Å². The number of piperidine rings is 3. The number of carbonyl (C=O) groups is 2. The first-order valence-corrected chi connectivity index (χ1v) is 12.4. The van der Waals surface area contributed by atoms with Gasteiger partial charge in [-0.15, -0.1) is 0 Å². The summed E-state index contributed by atoms with van der Waals surface area (Å²) >= 11 is 0. The highest BCUT2D eigenvalue weighted by molar-refractivity contribution is 8.77. The van der Waals surface area contributed by atoms with E-state index >= 15 is 0 Å². The SMILES string of the molecule is O=C(CCCC[C@H]1CCSS1)N1C[C@H]2C[C@@H](C1)[C@H]1CCCC(=O)N1C2. The number of unbranched alkanes of at least 4 members (excludes halogenated alkanes) is 1. The predicted molar refractivity (Wildman–Crippen MR) is 104 cm³/mol. The molecular formula is C19H30N2O2S2. The van der Waals surface area contributed by atoms with Gasteiger partial charge in [0.05, 0.1) is 0 Å². The summed E-state index contributed by atoms with van der Waals surface area (Å²) in [6.45, 7) is 2.65. The van der Waals surface area contributed by atoms with Gasteiger partial charge in [0.25, 0.3) is 0 Å². The monoisotopic (exact) mass is 382 g/mol. The Balaban J connectivity index is 1.25. The molecule has 2 amide bonds. The number of hydrogen-bond acceptors (Lipinski definition) is 4. The molecule has 0 radical (unpaired) electrons. The Kier molecular flexibility index (Phi) is 5.85. The van der Waals surface area contributed by atoms with Crippen LogP contribution >= 0.6 is 21.6 Å². The molecule has 0 spiro atoms. The van der Waals surface area contributed by atoms with Crippen molar-refractivity contribution in [2.45, 2.75) is 69.1 Å². The first-order valence-electron chi connectivity index (χ1n) is 10.1. The quantitative estimate of drug-likeness (QED) is 0.538. The molecule has 2 bridgehead atoms.